The predicted octanol–water partition coefficient (Wildman–Crippen LogP) is 1.39. The molecule has 0 bridgehead atoms. The second-order valence-corrected chi connectivity index (χ2v) is 4.06. The van der Waals surface area contributed by atoms with Crippen LogP contribution in [0.5, 0.6) is 0 Å². The maximum Gasteiger partial charge on any atom is 0.0697 e. The summed E-state index contributed by atoms with van der Waals surface area (Å²) in [5.41, 5.74) is 1.34. The summed E-state index contributed by atoms with van der Waals surface area (Å²) in [6, 6.07) is 4.25. The minimum Gasteiger partial charge on any atom is -0.394 e. The molecule has 4 heteroatoms. The lowest BCUT2D eigenvalue weighted by Gasteiger charge is -2.09. The van der Waals surface area contributed by atoms with Crippen molar-refractivity contribution in [1.29, 1.82) is 0 Å². The van der Waals surface area contributed by atoms with Crippen LogP contribution in [-0.2, 0) is 17.8 Å². The standard InChI is InChI=1S/C13H24N2O2/c1-2-7-15-8-3-5-13(15)12-14-6-4-10-17-11-9-16/h3,5,8,14,16H,2,4,6-7,9-12H2,1H3. The molecule has 0 unspecified atom stereocenters. The first-order valence-electron chi connectivity index (χ1n) is 6.41. The second-order valence-electron chi connectivity index (χ2n) is 4.06. The molecule has 2 N–H and O–H groups in total. The normalized spacial score (nSPS) is 10.9. The average Bonchev–Trinajstić information content (AvgIpc) is 2.76. The van der Waals surface area contributed by atoms with Crippen LogP contribution in [0.15, 0.2) is 18.3 Å². The van der Waals surface area contributed by atoms with E-state index in [1.54, 1.807) is 0 Å². The van der Waals surface area contributed by atoms with Gasteiger partial charge in [0, 0.05) is 31.6 Å². The lowest BCUT2D eigenvalue weighted by molar-refractivity contribution is 0.0907. The molecule has 1 aromatic rings. The summed E-state index contributed by atoms with van der Waals surface area (Å²) in [6.45, 7) is 6.40. The minimum absolute atomic E-state index is 0.109. The molecule has 0 amide bonds. The highest BCUT2D eigenvalue weighted by Crippen LogP contribution is 2.03. The highest BCUT2D eigenvalue weighted by molar-refractivity contribution is 5.06. The van der Waals surface area contributed by atoms with Gasteiger partial charge in [-0.3, -0.25) is 0 Å². The maximum absolute atomic E-state index is 8.53. The molecule has 0 aliphatic carbocycles. The van der Waals surface area contributed by atoms with Crippen LogP contribution in [0.4, 0.5) is 0 Å². The third kappa shape index (κ3) is 5.86. The molecule has 0 radical (unpaired) electrons. The Balaban J connectivity index is 2.07. The van der Waals surface area contributed by atoms with Gasteiger partial charge < -0.3 is 19.7 Å². The van der Waals surface area contributed by atoms with Gasteiger partial charge in [0.15, 0.2) is 0 Å². The first-order chi connectivity index (χ1) is 8.38. The molecule has 17 heavy (non-hydrogen) atoms. The summed E-state index contributed by atoms with van der Waals surface area (Å²) in [4.78, 5) is 0. The number of hydrogen-bond acceptors (Lipinski definition) is 3. The number of nitrogens with one attached hydrogen (secondary N) is 1. The van der Waals surface area contributed by atoms with Gasteiger partial charge >= 0.3 is 0 Å². The van der Waals surface area contributed by atoms with Gasteiger partial charge in [-0.05, 0) is 31.5 Å². The Labute approximate surface area is 104 Å². The van der Waals surface area contributed by atoms with Crippen LogP contribution < -0.4 is 5.32 Å². The quantitative estimate of drug-likeness (QED) is 0.607. The van der Waals surface area contributed by atoms with Crippen LogP contribution in [-0.4, -0.2) is 36.0 Å². The van der Waals surface area contributed by atoms with Crippen LogP contribution in [0.3, 0.4) is 0 Å². The van der Waals surface area contributed by atoms with E-state index >= 15 is 0 Å². The van der Waals surface area contributed by atoms with Crippen molar-refractivity contribution in [1.82, 2.24) is 9.88 Å². The highest BCUT2D eigenvalue weighted by Gasteiger charge is 1.98. The second kappa shape index (κ2) is 9.22. The molecule has 0 aliphatic rings. The van der Waals surface area contributed by atoms with Gasteiger partial charge in [-0.15, -0.1) is 0 Å². The van der Waals surface area contributed by atoms with Gasteiger partial charge in [-0.2, -0.15) is 0 Å². The molecule has 1 aromatic heterocycles. The van der Waals surface area contributed by atoms with Crippen LogP contribution in [0, 0.1) is 0 Å². The molecule has 0 aliphatic heterocycles. The number of aromatic nitrogens is 1. The van der Waals surface area contributed by atoms with E-state index in [2.05, 4.69) is 35.1 Å². The molecule has 98 valence electrons. The smallest absolute Gasteiger partial charge is 0.0697 e. The Hall–Kier alpha value is -0.840. The lowest BCUT2D eigenvalue weighted by atomic mass is 10.3. The Morgan fingerprint density at radius 1 is 1.41 bits per heavy atom. The van der Waals surface area contributed by atoms with Gasteiger partial charge in [0.1, 0.15) is 0 Å². The summed E-state index contributed by atoms with van der Waals surface area (Å²) < 4.78 is 7.47. The van der Waals surface area contributed by atoms with Crippen LogP contribution in [0.2, 0.25) is 0 Å². The molecule has 1 rings (SSSR count). The molecule has 4 nitrogen and oxygen atoms in total. The van der Waals surface area contributed by atoms with E-state index in [-0.39, 0.29) is 6.61 Å². The molecule has 0 saturated carbocycles. The molecule has 0 atom stereocenters. The van der Waals surface area contributed by atoms with Crippen molar-refractivity contribution >= 4 is 0 Å². The van der Waals surface area contributed by atoms with Gasteiger partial charge in [0.2, 0.25) is 0 Å². The van der Waals surface area contributed by atoms with Crippen LogP contribution >= 0.6 is 0 Å². The molecule has 1 heterocycles. The fraction of sp³-hybridized carbons (Fsp3) is 0.692. The number of hydrogen-bond donors (Lipinski definition) is 2. The zero-order valence-corrected chi connectivity index (χ0v) is 10.7. The Morgan fingerprint density at radius 2 is 2.29 bits per heavy atom. The van der Waals surface area contributed by atoms with Crippen molar-refractivity contribution in [3.05, 3.63) is 24.0 Å². The summed E-state index contributed by atoms with van der Waals surface area (Å²) in [5.74, 6) is 0. The first-order valence-corrected chi connectivity index (χ1v) is 6.41. The van der Waals surface area contributed by atoms with E-state index in [1.165, 1.54) is 5.69 Å². The molecule has 0 aromatic carbocycles. The minimum atomic E-state index is 0.109. The number of aliphatic hydroxyl groups is 1. The van der Waals surface area contributed by atoms with E-state index in [9.17, 15) is 0 Å². The monoisotopic (exact) mass is 240 g/mol. The van der Waals surface area contributed by atoms with Crippen molar-refractivity contribution in [2.75, 3.05) is 26.4 Å². The van der Waals surface area contributed by atoms with Gasteiger partial charge in [0.05, 0.1) is 13.2 Å². The largest absolute Gasteiger partial charge is 0.394 e. The van der Waals surface area contributed by atoms with Crippen LogP contribution in [0.1, 0.15) is 25.5 Å². The van der Waals surface area contributed by atoms with E-state index in [0.29, 0.717) is 13.2 Å². The highest BCUT2D eigenvalue weighted by atomic mass is 16.5. The van der Waals surface area contributed by atoms with E-state index in [1.807, 2.05) is 0 Å². The number of aryl methyl sites for hydroxylation is 1. The Bertz CT molecular complexity index is 287. The van der Waals surface area contributed by atoms with Gasteiger partial charge in [0.25, 0.3) is 0 Å². The Morgan fingerprint density at radius 3 is 3.06 bits per heavy atom. The SMILES string of the molecule is CCCn1cccc1CNCCCOCCO. The number of ether oxygens (including phenoxy) is 1. The third-order valence-electron chi connectivity index (χ3n) is 2.57. The number of aliphatic hydroxyl groups excluding tert-OH is 1. The Kier molecular flexibility index (Phi) is 7.71. The molecular weight excluding hydrogens is 216 g/mol. The summed E-state index contributed by atoms with van der Waals surface area (Å²) in [7, 11) is 0. The van der Waals surface area contributed by atoms with Gasteiger partial charge in [-0.25, -0.2) is 0 Å². The fourth-order valence-corrected chi connectivity index (χ4v) is 1.75. The van der Waals surface area contributed by atoms with E-state index in [4.69, 9.17) is 9.84 Å². The maximum atomic E-state index is 8.53. The van der Waals surface area contributed by atoms with Crippen molar-refractivity contribution in [2.24, 2.45) is 0 Å². The van der Waals surface area contributed by atoms with Gasteiger partial charge in [-0.1, -0.05) is 6.92 Å². The topological polar surface area (TPSA) is 46.4 Å². The summed E-state index contributed by atoms with van der Waals surface area (Å²) >= 11 is 0. The third-order valence-corrected chi connectivity index (χ3v) is 2.57. The van der Waals surface area contributed by atoms with Crippen molar-refractivity contribution in [3.8, 4) is 0 Å². The molecule has 0 saturated heterocycles. The van der Waals surface area contributed by atoms with E-state index < -0.39 is 0 Å². The lowest BCUT2D eigenvalue weighted by Crippen LogP contribution is -2.18. The molecule has 0 fully saturated rings. The summed E-state index contributed by atoms with van der Waals surface area (Å²) in [5, 5.41) is 11.9. The predicted molar refractivity (Wildman–Crippen MR) is 69.0 cm³/mol. The van der Waals surface area contributed by atoms with E-state index in [0.717, 1.165) is 32.5 Å². The number of rotatable bonds is 10. The zero-order chi connectivity index (χ0) is 12.3. The summed E-state index contributed by atoms with van der Waals surface area (Å²) in [6.07, 6.45) is 4.27. The number of nitrogens with zero attached hydrogens (tertiary/aromatic N) is 1. The van der Waals surface area contributed by atoms with Crippen molar-refractivity contribution < 1.29 is 9.84 Å². The molecule has 0 spiro atoms. The first kappa shape index (κ1) is 14.2. The van der Waals surface area contributed by atoms with Crippen LogP contribution in [0.25, 0.3) is 0 Å². The van der Waals surface area contributed by atoms with Crippen molar-refractivity contribution in [2.45, 2.75) is 32.9 Å². The fourth-order valence-electron chi connectivity index (χ4n) is 1.75. The van der Waals surface area contributed by atoms with Crippen molar-refractivity contribution in [3.63, 3.8) is 0 Å². The zero-order valence-electron chi connectivity index (χ0n) is 10.7. The average molecular weight is 240 g/mol. The molecular formula is C13H24N2O2.